The Kier molecular flexibility index (Phi) is 4.08. The molecule has 0 saturated carbocycles. The number of carbonyl (C=O) groups is 1. The monoisotopic (exact) mass is 306 g/mol. The lowest BCUT2D eigenvalue weighted by atomic mass is 9.93. The molecule has 0 amide bonds. The molecule has 1 aromatic heterocycles. The van der Waals surface area contributed by atoms with Gasteiger partial charge in [-0.2, -0.15) is 0 Å². The van der Waals surface area contributed by atoms with Gasteiger partial charge in [0.1, 0.15) is 6.04 Å². The van der Waals surface area contributed by atoms with Crippen molar-refractivity contribution in [1.29, 1.82) is 0 Å². The molecule has 0 aliphatic carbocycles. The summed E-state index contributed by atoms with van der Waals surface area (Å²) in [6.07, 6.45) is 0. The van der Waals surface area contributed by atoms with Crippen LogP contribution < -0.4 is 5.73 Å². The standard InChI is InChI=1S/C19H18N2O2/c1-12(18(20)19(22)23)14-7-9-17-15(11-14)8-10-16(21-17)13-5-3-2-4-6-13/h2-12,18H,20H2,1H3,(H,22,23). The number of aromatic nitrogens is 1. The van der Waals surface area contributed by atoms with Crippen molar-refractivity contribution in [1.82, 2.24) is 4.98 Å². The van der Waals surface area contributed by atoms with Crippen molar-refractivity contribution in [2.45, 2.75) is 18.9 Å². The summed E-state index contributed by atoms with van der Waals surface area (Å²) in [5.41, 5.74) is 9.49. The lowest BCUT2D eigenvalue weighted by Crippen LogP contribution is -2.35. The van der Waals surface area contributed by atoms with E-state index in [4.69, 9.17) is 10.8 Å². The van der Waals surface area contributed by atoms with Gasteiger partial charge < -0.3 is 10.8 Å². The van der Waals surface area contributed by atoms with E-state index >= 15 is 0 Å². The summed E-state index contributed by atoms with van der Waals surface area (Å²) in [5.74, 6) is -1.25. The second-order valence-electron chi connectivity index (χ2n) is 5.67. The Morgan fingerprint density at radius 1 is 1.09 bits per heavy atom. The summed E-state index contributed by atoms with van der Waals surface area (Å²) in [4.78, 5) is 15.7. The van der Waals surface area contributed by atoms with Crippen molar-refractivity contribution >= 4 is 16.9 Å². The Labute approximate surface area is 134 Å². The number of hydrogen-bond donors (Lipinski definition) is 2. The van der Waals surface area contributed by atoms with Crippen molar-refractivity contribution < 1.29 is 9.90 Å². The first kappa shape index (κ1) is 15.2. The van der Waals surface area contributed by atoms with Gasteiger partial charge in [0.2, 0.25) is 0 Å². The summed E-state index contributed by atoms with van der Waals surface area (Å²) >= 11 is 0. The Hall–Kier alpha value is -2.72. The zero-order valence-corrected chi connectivity index (χ0v) is 12.8. The smallest absolute Gasteiger partial charge is 0.321 e. The van der Waals surface area contributed by atoms with Gasteiger partial charge in [-0.25, -0.2) is 4.98 Å². The molecule has 0 fully saturated rings. The third-order valence-electron chi connectivity index (χ3n) is 4.13. The molecule has 116 valence electrons. The van der Waals surface area contributed by atoms with Crippen LogP contribution >= 0.6 is 0 Å². The van der Waals surface area contributed by atoms with Crippen LogP contribution in [0.3, 0.4) is 0 Å². The average molecular weight is 306 g/mol. The highest BCUT2D eigenvalue weighted by atomic mass is 16.4. The number of rotatable bonds is 4. The number of hydrogen-bond acceptors (Lipinski definition) is 3. The molecule has 2 atom stereocenters. The van der Waals surface area contributed by atoms with Gasteiger partial charge in [0.05, 0.1) is 11.2 Å². The maximum Gasteiger partial charge on any atom is 0.321 e. The molecule has 2 aromatic carbocycles. The maximum absolute atomic E-state index is 11.0. The molecule has 4 nitrogen and oxygen atoms in total. The highest BCUT2D eigenvalue weighted by Gasteiger charge is 2.21. The van der Waals surface area contributed by atoms with Gasteiger partial charge in [-0.15, -0.1) is 0 Å². The minimum absolute atomic E-state index is 0.259. The van der Waals surface area contributed by atoms with Crippen molar-refractivity contribution in [2.24, 2.45) is 5.73 Å². The van der Waals surface area contributed by atoms with Gasteiger partial charge in [-0.1, -0.05) is 49.4 Å². The molecule has 0 aliphatic rings. The second-order valence-corrected chi connectivity index (χ2v) is 5.67. The normalized spacial score (nSPS) is 13.7. The molecular formula is C19H18N2O2. The Bertz CT molecular complexity index is 846. The van der Waals surface area contributed by atoms with Crippen LogP contribution in [-0.4, -0.2) is 22.1 Å². The fraction of sp³-hybridized carbons (Fsp3) is 0.158. The largest absolute Gasteiger partial charge is 0.480 e. The molecule has 23 heavy (non-hydrogen) atoms. The van der Waals surface area contributed by atoms with Crippen molar-refractivity contribution in [3.05, 3.63) is 66.2 Å². The van der Waals surface area contributed by atoms with E-state index in [1.54, 1.807) is 0 Å². The van der Waals surface area contributed by atoms with Crippen LogP contribution in [0.1, 0.15) is 18.4 Å². The van der Waals surface area contributed by atoms with E-state index in [9.17, 15) is 4.79 Å². The number of fused-ring (bicyclic) bond motifs is 1. The van der Waals surface area contributed by atoms with Crippen LogP contribution in [0.15, 0.2) is 60.7 Å². The molecule has 0 saturated heterocycles. The third-order valence-corrected chi connectivity index (χ3v) is 4.13. The number of nitrogens with two attached hydrogens (primary N) is 1. The van der Waals surface area contributed by atoms with E-state index in [1.165, 1.54) is 0 Å². The molecule has 0 spiro atoms. The lowest BCUT2D eigenvalue weighted by Gasteiger charge is -2.16. The van der Waals surface area contributed by atoms with Crippen molar-refractivity contribution in [2.75, 3.05) is 0 Å². The van der Waals surface area contributed by atoms with Crippen LogP contribution in [0, 0.1) is 0 Å². The highest BCUT2D eigenvalue weighted by Crippen LogP contribution is 2.25. The molecule has 4 heteroatoms. The third kappa shape index (κ3) is 3.07. The zero-order valence-electron chi connectivity index (χ0n) is 12.8. The predicted octanol–water partition coefficient (Wildman–Crippen LogP) is 3.42. The quantitative estimate of drug-likeness (QED) is 0.774. The van der Waals surface area contributed by atoms with Crippen LogP contribution in [0.5, 0.6) is 0 Å². The van der Waals surface area contributed by atoms with Crippen LogP contribution in [-0.2, 0) is 4.79 Å². The van der Waals surface area contributed by atoms with Crippen LogP contribution in [0.4, 0.5) is 0 Å². The van der Waals surface area contributed by atoms with Gasteiger partial charge in [0, 0.05) is 16.9 Å². The molecule has 0 bridgehead atoms. The van der Waals surface area contributed by atoms with E-state index in [0.29, 0.717) is 0 Å². The molecule has 3 rings (SSSR count). The highest BCUT2D eigenvalue weighted by molar-refractivity contribution is 5.83. The van der Waals surface area contributed by atoms with Gasteiger partial charge in [0.15, 0.2) is 0 Å². The van der Waals surface area contributed by atoms with Crippen molar-refractivity contribution in [3.8, 4) is 11.3 Å². The molecule has 3 aromatic rings. The summed E-state index contributed by atoms with van der Waals surface area (Å²) in [6.45, 7) is 1.83. The van der Waals surface area contributed by atoms with E-state index < -0.39 is 12.0 Å². The zero-order chi connectivity index (χ0) is 16.4. The summed E-state index contributed by atoms with van der Waals surface area (Å²) in [6, 6.07) is 18.8. The SMILES string of the molecule is CC(c1ccc2nc(-c3ccccc3)ccc2c1)C(N)C(=O)O. The summed E-state index contributed by atoms with van der Waals surface area (Å²) in [5, 5.41) is 10.0. The first-order chi connectivity index (χ1) is 11.1. The number of aliphatic carboxylic acids is 1. The van der Waals surface area contributed by atoms with Crippen LogP contribution in [0.25, 0.3) is 22.2 Å². The molecule has 0 radical (unpaired) electrons. The maximum atomic E-state index is 11.0. The van der Waals surface area contributed by atoms with E-state index in [1.807, 2.05) is 67.6 Å². The van der Waals surface area contributed by atoms with Gasteiger partial charge >= 0.3 is 5.97 Å². The second kappa shape index (κ2) is 6.18. The summed E-state index contributed by atoms with van der Waals surface area (Å²) in [7, 11) is 0. The Morgan fingerprint density at radius 3 is 2.52 bits per heavy atom. The minimum atomic E-state index is -0.991. The van der Waals surface area contributed by atoms with Gasteiger partial charge in [-0.05, 0) is 23.8 Å². The summed E-state index contributed by atoms with van der Waals surface area (Å²) < 4.78 is 0. The predicted molar refractivity (Wildman–Crippen MR) is 91.2 cm³/mol. The minimum Gasteiger partial charge on any atom is -0.480 e. The lowest BCUT2D eigenvalue weighted by molar-refractivity contribution is -0.139. The molecule has 0 aliphatic heterocycles. The molecule has 2 unspecified atom stereocenters. The Balaban J connectivity index is 1.98. The fourth-order valence-electron chi connectivity index (χ4n) is 2.62. The first-order valence-electron chi connectivity index (χ1n) is 7.51. The number of benzene rings is 2. The van der Waals surface area contributed by atoms with E-state index in [-0.39, 0.29) is 5.92 Å². The average Bonchev–Trinajstić information content (AvgIpc) is 2.60. The molecular weight excluding hydrogens is 288 g/mol. The van der Waals surface area contributed by atoms with Gasteiger partial charge in [-0.3, -0.25) is 4.79 Å². The van der Waals surface area contributed by atoms with Crippen molar-refractivity contribution in [3.63, 3.8) is 0 Å². The Morgan fingerprint density at radius 2 is 1.83 bits per heavy atom. The number of carboxylic acid groups (broad SMARTS) is 1. The first-order valence-corrected chi connectivity index (χ1v) is 7.51. The number of pyridine rings is 1. The van der Waals surface area contributed by atoms with Crippen LogP contribution in [0.2, 0.25) is 0 Å². The number of carboxylic acids is 1. The number of nitrogens with zero attached hydrogens (tertiary/aromatic N) is 1. The molecule has 1 heterocycles. The van der Waals surface area contributed by atoms with Gasteiger partial charge in [0.25, 0.3) is 0 Å². The topological polar surface area (TPSA) is 76.2 Å². The van der Waals surface area contributed by atoms with E-state index in [0.717, 1.165) is 27.7 Å². The fourth-order valence-corrected chi connectivity index (χ4v) is 2.62. The molecule has 3 N–H and O–H groups in total. The van der Waals surface area contributed by atoms with E-state index in [2.05, 4.69) is 4.98 Å².